The Morgan fingerprint density at radius 3 is 2.27 bits per heavy atom. The largest absolute Gasteiger partial charge is 0.389 e. The van der Waals surface area contributed by atoms with Crippen molar-refractivity contribution in [3.05, 3.63) is 0 Å². The topological polar surface area (TPSA) is 26.7 Å². The molecule has 1 saturated heterocycles. The maximum atomic E-state index is 10.8. The molecule has 0 aromatic carbocycles. The normalized spacial score (nSPS) is 47.2. The zero-order valence-corrected chi connectivity index (χ0v) is 14.3. The van der Waals surface area contributed by atoms with Crippen LogP contribution in [0.1, 0.15) is 58.3 Å². The van der Waals surface area contributed by atoms with E-state index in [0.717, 1.165) is 43.2 Å². The Labute approximate surface area is 136 Å². The maximum Gasteiger partial charge on any atom is 0.0774 e. The summed E-state index contributed by atoms with van der Waals surface area (Å²) in [5.41, 5.74) is -0.388. The molecule has 4 fully saturated rings. The van der Waals surface area contributed by atoms with Crippen LogP contribution < -0.4 is 0 Å². The van der Waals surface area contributed by atoms with Crippen molar-refractivity contribution >= 4 is 0 Å². The van der Waals surface area contributed by atoms with Crippen LogP contribution in [0, 0.1) is 17.8 Å². The molecule has 0 radical (unpaired) electrons. The van der Waals surface area contributed by atoms with Gasteiger partial charge in [-0.05, 0) is 62.7 Å². The molecule has 0 spiro atoms. The number of fused-ring (bicyclic) bond motifs is 2. The van der Waals surface area contributed by atoms with E-state index in [1.54, 1.807) is 0 Å². The van der Waals surface area contributed by atoms with E-state index in [4.69, 9.17) is 0 Å². The summed E-state index contributed by atoms with van der Waals surface area (Å²) in [6.45, 7) is 8.07. The monoisotopic (exact) mass is 306 g/mol. The lowest BCUT2D eigenvalue weighted by atomic mass is 9.79. The number of hydrogen-bond donors (Lipinski definition) is 1. The van der Waals surface area contributed by atoms with Gasteiger partial charge in [0.15, 0.2) is 0 Å². The maximum absolute atomic E-state index is 10.8. The summed E-state index contributed by atoms with van der Waals surface area (Å²) in [6, 6.07) is 0.902. The minimum Gasteiger partial charge on any atom is -0.389 e. The van der Waals surface area contributed by atoms with Crippen molar-refractivity contribution in [3.63, 3.8) is 0 Å². The lowest BCUT2D eigenvalue weighted by molar-refractivity contribution is -0.0473. The van der Waals surface area contributed by atoms with Crippen LogP contribution in [-0.4, -0.2) is 59.3 Å². The zero-order valence-electron chi connectivity index (χ0n) is 14.3. The van der Waals surface area contributed by atoms with E-state index in [1.165, 1.54) is 64.7 Å². The highest BCUT2D eigenvalue weighted by atomic mass is 16.3. The SMILES string of the molecule is CC1CCC(O)(CN2CCN(C3CC4CCC3C4)CC2)CC1. The van der Waals surface area contributed by atoms with Crippen LogP contribution >= 0.6 is 0 Å². The molecule has 4 aliphatic rings. The highest BCUT2D eigenvalue weighted by Crippen LogP contribution is 2.46. The van der Waals surface area contributed by atoms with Crippen molar-refractivity contribution in [1.29, 1.82) is 0 Å². The van der Waals surface area contributed by atoms with E-state index in [-0.39, 0.29) is 5.60 Å². The van der Waals surface area contributed by atoms with Gasteiger partial charge in [0.2, 0.25) is 0 Å². The van der Waals surface area contributed by atoms with Gasteiger partial charge in [-0.2, -0.15) is 0 Å². The first-order valence-electron chi connectivity index (χ1n) is 9.80. The second kappa shape index (κ2) is 6.07. The lowest BCUT2D eigenvalue weighted by Gasteiger charge is -2.44. The van der Waals surface area contributed by atoms with Crippen molar-refractivity contribution in [1.82, 2.24) is 9.80 Å². The Bertz CT molecular complexity index is 383. The second-order valence-electron chi connectivity index (χ2n) is 8.96. The zero-order chi connectivity index (χ0) is 15.2. The third kappa shape index (κ3) is 3.09. The molecule has 126 valence electrons. The van der Waals surface area contributed by atoms with Crippen molar-refractivity contribution in [2.75, 3.05) is 32.7 Å². The minimum atomic E-state index is -0.388. The third-order valence-electron chi connectivity index (χ3n) is 7.30. The number of hydrogen-bond acceptors (Lipinski definition) is 3. The molecule has 1 heterocycles. The van der Waals surface area contributed by atoms with Crippen LogP contribution in [0.4, 0.5) is 0 Å². The Hall–Kier alpha value is -0.120. The molecule has 3 aliphatic carbocycles. The summed E-state index contributed by atoms with van der Waals surface area (Å²) in [4.78, 5) is 5.33. The number of nitrogens with zero attached hydrogens (tertiary/aromatic N) is 2. The van der Waals surface area contributed by atoms with E-state index >= 15 is 0 Å². The van der Waals surface area contributed by atoms with Crippen LogP contribution in [-0.2, 0) is 0 Å². The van der Waals surface area contributed by atoms with Crippen LogP contribution in [0.2, 0.25) is 0 Å². The standard InChI is InChI=1S/C19H34N2O/c1-15-4-6-19(22,7-5-15)14-20-8-10-21(11-9-20)18-13-16-2-3-17(18)12-16/h15-18,22H,2-14H2,1H3. The van der Waals surface area contributed by atoms with Gasteiger partial charge in [-0.3, -0.25) is 9.80 Å². The van der Waals surface area contributed by atoms with Crippen LogP contribution in [0.15, 0.2) is 0 Å². The van der Waals surface area contributed by atoms with Gasteiger partial charge in [-0.1, -0.05) is 13.3 Å². The number of rotatable bonds is 3. The molecule has 3 atom stereocenters. The quantitative estimate of drug-likeness (QED) is 0.868. The average Bonchev–Trinajstić information content (AvgIpc) is 3.14. The molecule has 22 heavy (non-hydrogen) atoms. The molecular weight excluding hydrogens is 272 g/mol. The molecule has 1 aliphatic heterocycles. The van der Waals surface area contributed by atoms with Gasteiger partial charge >= 0.3 is 0 Å². The van der Waals surface area contributed by atoms with Crippen LogP contribution in [0.3, 0.4) is 0 Å². The Morgan fingerprint density at radius 2 is 1.68 bits per heavy atom. The number of piperazine rings is 1. The van der Waals surface area contributed by atoms with Gasteiger partial charge in [0.25, 0.3) is 0 Å². The van der Waals surface area contributed by atoms with Gasteiger partial charge in [0.05, 0.1) is 5.60 Å². The van der Waals surface area contributed by atoms with E-state index in [2.05, 4.69) is 16.7 Å². The molecule has 0 aromatic rings. The molecule has 3 nitrogen and oxygen atoms in total. The second-order valence-corrected chi connectivity index (χ2v) is 8.96. The van der Waals surface area contributed by atoms with Gasteiger partial charge in [0, 0.05) is 38.8 Å². The first-order valence-corrected chi connectivity index (χ1v) is 9.80. The van der Waals surface area contributed by atoms with Crippen molar-refractivity contribution in [2.45, 2.75) is 69.9 Å². The van der Waals surface area contributed by atoms with Crippen molar-refractivity contribution in [2.24, 2.45) is 17.8 Å². The minimum absolute atomic E-state index is 0.388. The molecule has 3 heteroatoms. The summed E-state index contributed by atoms with van der Waals surface area (Å²) in [7, 11) is 0. The number of β-amino-alcohol motifs (C(OH)–C–C–N with tert-alkyl or cyclic N) is 1. The predicted molar refractivity (Wildman–Crippen MR) is 89.8 cm³/mol. The summed E-state index contributed by atoms with van der Waals surface area (Å²) >= 11 is 0. The summed E-state index contributed by atoms with van der Waals surface area (Å²) < 4.78 is 0. The van der Waals surface area contributed by atoms with Gasteiger partial charge in [-0.15, -0.1) is 0 Å². The van der Waals surface area contributed by atoms with Crippen LogP contribution in [0.25, 0.3) is 0 Å². The molecule has 4 rings (SSSR count). The lowest BCUT2D eigenvalue weighted by Crippen LogP contribution is -2.55. The average molecular weight is 306 g/mol. The molecule has 3 unspecified atom stereocenters. The molecule has 0 aromatic heterocycles. The van der Waals surface area contributed by atoms with E-state index in [1.807, 2.05) is 0 Å². The highest BCUT2D eigenvalue weighted by molar-refractivity contribution is 4.97. The Kier molecular flexibility index (Phi) is 4.25. The fourth-order valence-electron chi connectivity index (χ4n) is 5.79. The summed E-state index contributed by atoms with van der Waals surface area (Å²) in [5, 5.41) is 10.8. The van der Waals surface area contributed by atoms with Crippen LogP contribution in [0.5, 0.6) is 0 Å². The highest BCUT2D eigenvalue weighted by Gasteiger charge is 2.43. The van der Waals surface area contributed by atoms with Gasteiger partial charge in [-0.25, -0.2) is 0 Å². The summed E-state index contributed by atoms with van der Waals surface area (Å²) in [5.74, 6) is 2.88. The number of aliphatic hydroxyl groups is 1. The Balaban J connectivity index is 1.25. The summed E-state index contributed by atoms with van der Waals surface area (Å²) in [6.07, 6.45) is 10.4. The Morgan fingerprint density at radius 1 is 0.955 bits per heavy atom. The van der Waals surface area contributed by atoms with E-state index < -0.39 is 0 Å². The van der Waals surface area contributed by atoms with Crippen molar-refractivity contribution in [3.8, 4) is 0 Å². The molecule has 3 saturated carbocycles. The van der Waals surface area contributed by atoms with Gasteiger partial charge in [0.1, 0.15) is 0 Å². The third-order valence-corrected chi connectivity index (χ3v) is 7.30. The molecule has 2 bridgehead atoms. The fraction of sp³-hybridized carbons (Fsp3) is 1.00. The van der Waals surface area contributed by atoms with E-state index in [9.17, 15) is 5.11 Å². The molecule has 0 amide bonds. The smallest absolute Gasteiger partial charge is 0.0774 e. The first-order chi connectivity index (χ1) is 10.6. The van der Waals surface area contributed by atoms with Gasteiger partial charge < -0.3 is 5.11 Å². The fourth-order valence-corrected chi connectivity index (χ4v) is 5.79. The molecule has 1 N–H and O–H groups in total. The van der Waals surface area contributed by atoms with Crippen molar-refractivity contribution < 1.29 is 5.11 Å². The van der Waals surface area contributed by atoms with E-state index in [0.29, 0.717) is 0 Å². The first kappa shape index (κ1) is 15.4. The predicted octanol–water partition coefficient (Wildman–Crippen LogP) is 2.73. The molecular formula is C19H34N2O.